The van der Waals surface area contributed by atoms with Crippen LogP contribution in [-0.4, -0.2) is 16.2 Å². The Morgan fingerprint density at radius 2 is 2.00 bits per heavy atom. The molecule has 0 bridgehead atoms. The van der Waals surface area contributed by atoms with Crippen LogP contribution in [0.1, 0.15) is 29.7 Å². The summed E-state index contributed by atoms with van der Waals surface area (Å²) in [4.78, 5) is 3.72. The van der Waals surface area contributed by atoms with Gasteiger partial charge in [0.1, 0.15) is 0 Å². The number of alkyl halides is 3. The van der Waals surface area contributed by atoms with E-state index in [1.54, 1.807) is 6.92 Å². The van der Waals surface area contributed by atoms with E-state index in [9.17, 15) is 18.3 Å². The maximum atomic E-state index is 12.2. The number of halogens is 3. The predicted molar refractivity (Wildman–Crippen MR) is 47.2 cm³/mol. The number of hydrogen-bond acceptors (Lipinski definition) is 3. The van der Waals surface area contributed by atoms with Crippen molar-refractivity contribution in [2.75, 3.05) is 0 Å². The highest BCUT2D eigenvalue weighted by Crippen LogP contribution is 2.35. The van der Waals surface area contributed by atoms with Gasteiger partial charge in [0.05, 0.1) is 6.10 Å². The summed E-state index contributed by atoms with van der Waals surface area (Å²) in [6.45, 7) is 3.20. The van der Waals surface area contributed by atoms with E-state index in [1.165, 1.54) is 13.1 Å². The summed E-state index contributed by atoms with van der Waals surface area (Å²) >= 11 is 0.580. The number of aromatic nitrogens is 1. The van der Waals surface area contributed by atoms with Crippen molar-refractivity contribution in [3.8, 4) is 0 Å². The summed E-state index contributed by atoms with van der Waals surface area (Å²) in [5.74, 6) is -0.316. The molecular formula is C8H10F3NOS. The standard InChI is InChI=1S/C8H10F3NOS/c1-4(5(2)13)6-3-12-7(14-6)8(9,10)11/h3-5,13H,1-2H3. The predicted octanol–water partition coefficient (Wildman–Crippen LogP) is 2.65. The molecule has 2 unspecified atom stereocenters. The van der Waals surface area contributed by atoms with Gasteiger partial charge in [0.15, 0.2) is 5.01 Å². The summed E-state index contributed by atoms with van der Waals surface area (Å²) in [5.41, 5.74) is 0. The van der Waals surface area contributed by atoms with Crippen LogP contribution < -0.4 is 0 Å². The largest absolute Gasteiger partial charge is 0.443 e. The van der Waals surface area contributed by atoms with Gasteiger partial charge in [-0.2, -0.15) is 13.2 Å². The van der Waals surface area contributed by atoms with E-state index < -0.39 is 17.3 Å². The fraction of sp³-hybridized carbons (Fsp3) is 0.625. The highest BCUT2D eigenvalue weighted by Gasteiger charge is 2.35. The van der Waals surface area contributed by atoms with Crippen molar-refractivity contribution in [2.45, 2.75) is 32.0 Å². The van der Waals surface area contributed by atoms with Crippen molar-refractivity contribution in [1.29, 1.82) is 0 Å². The Balaban J connectivity index is 2.89. The molecule has 0 fully saturated rings. The molecule has 1 heterocycles. The highest BCUT2D eigenvalue weighted by molar-refractivity contribution is 7.11. The summed E-state index contributed by atoms with van der Waals surface area (Å²) in [6, 6.07) is 0. The Kier molecular flexibility index (Phi) is 3.16. The second-order valence-electron chi connectivity index (χ2n) is 3.09. The Hall–Kier alpha value is -0.620. The third-order valence-corrected chi connectivity index (χ3v) is 3.18. The van der Waals surface area contributed by atoms with Gasteiger partial charge in [-0.15, -0.1) is 11.3 Å². The monoisotopic (exact) mass is 225 g/mol. The maximum absolute atomic E-state index is 12.2. The summed E-state index contributed by atoms with van der Waals surface area (Å²) < 4.78 is 36.5. The van der Waals surface area contributed by atoms with Crippen LogP contribution in [-0.2, 0) is 6.18 Å². The van der Waals surface area contributed by atoms with Gasteiger partial charge in [0, 0.05) is 17.0 Å². The van der Waals surface area contributed by atoms with Crippen molar-refractivity contribution in [3.63, 3.8) is 0 Å². The van der Waals surface area contributed by atoms with Gasteiger partial charge >= 0.3 is 6.18 Å². The molecule has 0 aliphatic heterocycles. The lowest BCUT2D eigenvalue weighted by Crippen LogP contribution is -2.09. The van der Waals surface area contributed by atoms with Crippen molar-refractivity contribution in [3.05, 3.63) is 16.1 Å². The van der Waals surface area contributed by atoms with Crippen molar-refractivity contribution in [2.24, 2.45) is 0 Å². The molecule has 6 heteroatoms. The highest BCUT2D eigenvalue weighted by atomic mass is 32.1. The summed E-state index contributed by atoms with van der Waals surface area (Å²) in [5, 5.41) is 8.32. The molecule has 80 valence electrons. The quantitative estimate of drug-likeness (QED) is 0.839. The number of thiazole rings is 1. The van der Waals surface area contributed by atoms with Crippen LogP contribution in [0.15, 0.2) is 6.20 Å². The maximum Gasteiger partial charge on any atom is 0.443 e. The first-order chi connectivity index (χ1) is 6.32. The SMILES string of the molecule is CC(O)C(C)c1cnc(C(F)(F)F)s1. The molecule has 0 amide bonds. The smallest absolute Gasteiger partial charge is 0.393 e. The van der Waals surface area contributed by atoms with Crippen LogP contribution >= 0.6 is 11.3 Å². The molecule has 1 rings (SSSR count). The lowest BCUT2D eigenvalue weighted by Gasteiger charge is -2.11. The second kappa shape index (κ2) is 3.86. The van der Waals surface area contributed by atoms with E-state index >= 15 is 0 Å². The molecule has 2 nitrogen and oxygen atoms in total. The Morgan fingerprint density at radius 1 is 1.43 bits per heavy atom. The number of rotatable bonds is 2. The van der Waals surface area contributed by atoms with Crippen LogP contribution in [0, 0.1) is 0 Å². The molecule has 0 saturated heterocycles. The lowest BCUT2D eigenvalue weighted by molar-refractivity contribution is -0.137. The molecule has 0 saturated carbocycles. The first-order valence-corrected chi connectivity index (χ1v) is 4.85. The average molecular weight is 225 g/mol. The van der Waals surface area contributed by atoms with E-state index in [4.69, 9.17) is 0 Å². The van der Waals surface area contributed by atoms with E-state index in [-0.39, 0.29) is 5.92 Å². The second-order valence-corrected chi connectivity index (χ2v) is 4.16. The normalized spacial score (nSPS) is 16.7. The summed E-state index contributed by atoms with van der Waals surface area (Å²) in [6.07, 6.45) is -3.89. The molecule has 0 radical (unpaired) electrons. The molecule has 0 aliphatic rings. The van der Waals surface area contributed by atoms with Crippen LogP contribution in [0.25, 0.3) is 0 Å². The minimum absolute atomic E-state index is 0.316. The lowest BCUT2D eigenvalue weighted by atomic mass is 10.1. The number of hydrogen-bond donors (Lipinski definition) is 1. The van der Waals surface area contributed by atoms with E-state index in [0.29, 0.717) is 16.2 Å². The molecule has 1 aromatic heterocycles. The van der Waals surface area contributed by atoms with Gasteiger partial charge < -0.3 is 5.11 Å². The van der Waals surface area contributed by atoms with Crippen LogP contribution in [0.2, 0.25) is 0 Å². The third kappa shape index (κ3) is 2.45. The molecular weight excluding hydrogens is 215 g/mol. The van der Waals surface area contributed by atoms with E-state index in [0.717, 1.165) is 0 Å². The zero-order valence-corrected chi connectivity index (χ0v) is 8.49. The molecule has 0 aromatic carbocycles. The fourth-order valence-electron chi connectivity index (χ4n) is 0.866. The molecule has 1 N–H and O–H groups in total. The fourth-order valence-corrected chi connectivity index (χ4v) is 1.80. The molecule has 1 aromatic rings. The van der Waals surface area contributed by atoms with Crippen LogP contribution in [0.4, 0.5) is 13.2 Å². The first kappa shape index (κ1) is 11.5. The third-order valence-electron chi connectivity index (χ3n) is 1.94. The zero-order valence-electron chi connectivity index (χ0n) is 7.67. The van der Waals surface area contributed by atoms with Crippen LogP contribution in [0.5, 0.6) is 0 Å². The molecule has 14 heavy (non-hydrogen) atoms. The molecule has 0 aliphatic carbocycles. The minimum atomic E-state index is -4.39. The number of aliphatic hydroxyl groups excluding tert-OH is 1. The Bertz CT molecular complexity index is 308. The van der Waals surface area contributed by atoms with Gasteiger partial charge in [-0.05, 0) is 6.92 Å². The van der Waals surface area contributed by atoms with Crippen LogP contribution in [0.3, 0.4) is 0 Å². The molecule has 2 atom stereocenters. The Labute approximate surface area is 83.4 Å². The van der Waals surface area contributed by atoms with Crippen molar-refractivity contribution < 1.29 is 18.3 Å². The zero-order chi connectivity index (χ0) is 10.9. The van der Waals surface area contributed by atoms with Crippen molar-refractivity contribution >= 4 is 11.3 Å². The summed E-state index contributed by atoms with van der Waals surface area (Å²) in [7, 11) is 0. The Morgan fingerprint density at radius 3 is 2.36 bits per heavy atom. The number of aliphatic hydroxyl groups is 1. The first-order valence-electron chi connectivity index (χ1n) is 4.03. The average Bonchev–Trinajstić information content (AvgIpc) is 2.49. The minimum Gasteiger partial charge on any atom is -0.393 e. The molecule has 0 spiro atoms. The number of nitrogens with zero attached hydrogens (tertiary/aromatic N) is 1. The van der Waals surface area contributed by atoms with Gasteiger partial charge in [-0.25, -0.2) is 4.98 Å². The van der Waals surface area contributed by atoms with Gasteiger partial charge in [-0.1, -0.05) is 6.92 Å². The van der Waals surface area contributed by atoms with E-state index in [2.05, 4.69) is 4.98 Å². The van der Waals surface area contributed by atoms with Gasteiger partial charge in [0.25, 0.3) is 0 Å². The van der Waals surface area contributed by atoms with E-state index in [1.807, 2.05) is 0 Å². The van der Waals surface area contributed by atoms with Crippen molar-refractivity contribution in [1.82, 2.24) is 4.98 Å². The topological polar surface area (TPSA) is 33.1 Å². The van der Waals surface area contributed by atoms with Gasteiger partial charge in [-0.3, -0.25) is 0 Å². The van der Waals surface area contributed by atoms with Gasteiger partial charge in [0.2, 0.25) is 0 Å².